The molecule has 0 amide bonds. The Morgan fingerprint density at radius 1 is 1.38 bits per heavy atom. The number of nitrogens with zero attached hydrogens (tertiary/aromatic N) is 1. The molecule has 0 saturated heterocycles. The summed E-state index contributed by atoms with van der Waals surface area (Å²) in [5, 5.41) is 0.840. The fourth-order valence-corrected chi connectivity index (χ4v) is 1.70. The van der Waals surface area contributed by atoms with Gasteiger partial charge in [-0.1, -0.05) is 25.4 Å². The van der Waals surface area contributed by atoms with Gasteiger partial charge in [0.05, 0.1) is 10.7 Å². The maximum absolute atomic E-state index is 6.07. The van der Waals surface area contributed by atoms with E-state index in [0.29, 0.717) is 11.8 Å². The van der Waals surface area contributed by atoms with Gasteiger partial charge in [0.2, 0.25) is 0 Å². The van der Waals surface area contributed by atoms with E-state index < -0.39 is 0 Å². The summed E-state index contributed by atoms with van der Waals surface area (Å²) in [6.45, 7) is 4.32. The minimum atomic E-state index is 0.495. The molecule has 13 heavy (non-hydrogen) atoms. The van der Waals surface area contributed by atoms with Crippen molar-refractivity contribution >= 4 is 11.6 Å². The number of hydrogen-bond acceptors (Lipinski definition) is 1. The first-order valence-electron chi connectivity index (χ1n) is 4.85. The van der Waals surface area contributed by atoms with Gasteiger partial charge in [0.1, 0.15) is 0 Å². The van der Waals surface area contributed by atoms with E-state index in [1.807, 2.05) is 12.1 Å². The van der Waals surface area contributed by atoms with Crippen LogP contribution in [-0.2, 0) is 0 Å². The van der Waals surface area contributed by atoms with E-state index in [9.17, 15) is 0 Å². The SMILES string of the molecule is CC(C)c1ccc(Cl)c(C2CC2)n1. The molecule has 0 spiro atoms. The molecule has 1 aromatic rings. The number of pyridine rings is 1. The molecule has 0 unspecified atom stereocenters. The summed E-state index contributed by atoms with van der Waals surface area (Å²) in [7, 11) is 0. The van der Waals surface area contributed by atoms with Gasteiger partial charge in [-0.05, 0) is 30.9 Å². The highest BCUT2D eigenvalue weighted by molar-refractivity contribution is 6.31. The standard InChI is InChI=1S/C11H14ClN/c1-7(2)10-6-5-9(12)11(13-10)8-3-4-8/h5-8H,3-4H2,1-2H3. The van der Waals surface area contributed by atoms with Crippen molar-refractivity contribution in [3.8, 4) is 0 Å². The van der Waals surface area contributed by atoms with Crippen molar-refractivity contribution in [2.24, 2.45) is 0 Å². The fourth-order valence-electron chi connectivity index (χ4n) is 1.44. The molecule has 0 radical (unpaired) electrons. The largest absolute Gasteiger partial charge is 0.256 e. The maximum atomic E-state index is 6.07. The van der Waals surface area contributed by atoms with Crippen LogP contribution in [0.1, 0.15) is 49.9 Å². The zero-order valence-electron chi connectivity index (χ0n) is 8.05. The Morgan fingerprint density at radius 3 is 2.62 bits per heavy atom. The van der Waals surface area contributed by atoms with E-state index in [1.54, 1.807) is 0 Å². The van der Waals surface area contributed by atoms with Crippen molar-refractivity contribution in [1.29, 1.82) is 0 Å². The Bertz CT molecular complexity index is 316. The van der Waals surface area contributed by atoms with Crippen LogP contribution in [-0.4, -0.2) is 4.98 Å². The molecule has 0 atom stereocenters. The zero-order valence-corrected chi connectivity index (χ0v) is 8.80. The molecule has 1 aliphatic rings. The molecule has 1 aliphatic carbocycles. The van der Waals surface area contributed by atoms with E-state index in [1.165, 1.54) is 12.8 Å². The smallest absolute Gasteiger partial charge is 0.0624 e. The Kier molecular flexibility index (Phi) is 2.29. The van der Waals surface area contributed by atoms with Crippen molar-refractivity contribution in [2.45, 2.75) is 38.5 Å². The Balaban J connectivity index is 2.36. The fraction of sp³-hybridized carbons (Fsp3) is 0.545. The highest BCUT2D eigenvalue weighted by Crippen LogP contribution is 2.42. The molecule has 0 aromatic carbocycles. The lowest BCUT2D eigenvalue weighted by molar-refractivity contribution is 0.805. The Hall–Kier alpha value is -0.560. The molecule has 0 bridgehead atoms. The summed E-state index contributed by atoms with van der Waals surface area (Å²) < 4.78 is 0. The molecule has 0 N–H and O–H groups in total. The van der Waals surface area contributed by atoms with Crippen LogP contribution in [0.15, 0.2) is 12.1 Å². The molecule has 1 saturated carbocycles. The van der Waals surface area contributed by atoms with Gasteiger partial charge in [-0.2, -0.15) is 0 Å². The third-order valence-electron chi connectivity index (χ3n) is 2.45. The van der Waals surface area contributed by atoms with E-state index >= 15 is 0 Å². The van der Waals surface area contributed by atoms with Crippen LogP contribution in [0.2, 0.25) is 5.02 Å². The second kappa shape index (κ2) is 3.30. The topological polar surface area (TPSA) is 12.9 Å². The summed E-state index contributed by atoms with van der Waals surface area (Å²) in [5.74, 6) is 1.14. The average Bonchev–Trinajstić information content (AvgIpc) is 2.87. The van der Waals surface area contributed by atoms with Crippen LogP contribution in [0.3, 0.4) is 0 Å². The van der Waals surface area contributed by atoms with Gasteiger partial charge in [0.25, 0.3) is 0 Å². The maximum Gasteiger partial charge on any atom is 0.0624 e. The second-order valence-corrected chi connectivity index (χ2v) is 4.44. The first-order chi connectivity index (χ1) is 6.18. The van der Waals surface area contributed by atoms with E-state index in [4.69, 9.17) is 11.6 Å². The van der Waals surface area contributed by atoms with Crippen LogP contribution < -0.4 is 0 Å². The predicted molar refractivity (Wildman–Crippen MR) is 55.3 cm³/mol. The van der Waals surface area contributed by atoms with Gasteiger partial charge in [-0.25, -0.2) is 0 Å². The number of halogens is 1. The van der Waals surface area contributed by atoms with Crippen LogP contribution in [0.5, 0.6) is 0 Å². The second-order valence-electron chi connectivity index (χ2n) is 4.03. The molecule has 1 fully saturated rings. The Labute approximate surface area is 84.1 Å². The minimum absolute atomic E-state index is 0.495. The number of rotatable bonds is 2. The van der Waals surface area contributed by atoms with Crippen LogP contribution in [0.25, 0.3) is 0 Å². The molecular weight excluding hydrogens is 182 g/mol. The molecule has 1 aromatic heterocycles. The summed E-state index contributed by atoms with van der Waals surface area (Å²) in [6, 6.07) is 4.01. The minimum Gasteiger partial charge on any atom is -0.256 e. The lowest BCUT2D eigenvalue weighted by atomic mass is 10.1. The normalized spacial score (nSPS) is 16.6. The van der Waals surface area contributed by atoms with Crippen LogP contribution >= 0.6 is 11.6 Å². The molecule has 2 heteroatoms. The molecule has 1 heterocycles. The third kappa shape index (κ3) is 1.86. The summed E-state index contributed by atoms with van der Waals surface area (Å²) in [6.07, 6.45) is 2.52. The van der Waals surface area contributed by atoms with Crippen molar-refractivity contribution in [2.75, 3.05) is 0 Å². The van der Waals surface area contributed by atoms with Crippen molar-refractivity contribution in [3.63, 3.8) is 0 Å². The third-order valence-corrected chi connectivity index (χ3v) is 2.77. The highest BCUT2D eigenvalue weighted by atomic mass is 35.5. The average molecular weight is 196 g/mol. The quantitative estimate of drug-likeness (QED) is 0.701. The van der Waals surface area contributed by atoms with Crippen LogP contribution in [0, 0.1) is 0 Å². The molecule has 0 aliphatic heterocycles. The Morgan fingerprint density at radius 2 is 2.08 bits per heavy atom. The predicted octanol–water partition coefficient (Wildman–Crippen LogP) is 3.74. The molecule has 2 rings (SSSR count). The van der Waals surface area contributed by atoms with Gasteiger partial charge >= 0.3 is 0 Å². The highest BCUT2D eigenvalue weighted by Gasteiger charge is 2.27. The molecule has 1 nitrogen and oxygen atoms in total. The van der Waals surface area contributed by atoms with Crippen LogP contribution in [0.4, 0.5) is 0 Å². The van der Waals surface area contributed by atoms with E-state index in [2.05, 4.69) is 18.8 Å². The van der Waals surface area contributed by atoms with Gasteiger partial charge in [-0.3, -0.25) is 4.98 Å². The lowest BCUT2D eigenvalue weighted by Crippen LogP contribution is -1.96. The monoisotopic (exact) mass is 195 g/mol. The van der Waals surface area contributed by atoms with Gasteiger partial charge in [0, 0.05) is 11.6 Å². The van der Waals surface area contributed by atoms with Crippen molar-refractivity contribution in [1.82, 2.24) is 4.98 Å². The zero-order chi connectivity index (χ0) is 9.42. The van der Waals surface area contributed by atoms with Gasteiger partial charge in [0.15, 0.2) is 0 Å². The van der Waals surface area contributed by atoms with Gasteiger partial charge < -0.3 is 0 Å². The lowest BCUT2D eigenvalue weighted by Gasteiger charge is -2.07. The van der Waals surface area contributed by atoms with Crippen molar-refractivity contribution < 1.29 is 0 Å². The number of aromatic nitrogens is 1. The van der Waals surface area contributed by atoms with Crippen molar-refractivity contribution in [3.05, 3.63) is 28.5 Å². The summed E-state index contributed by atoms with van der Waals surface area (Å²) >= 11 is 6.07. The van der Waals surface area contributed by atoms with E-state index in [-0.39, 0.29) is 0 Å². The first kappa shape index (κ1) is 9.01. The van der Waals surface area contributed by atoms with E-state index in [0.717, 1.165) is 16.4 Å². The number of hydrogen-bond donors (Lipinski definition) is 0. The summed E-state index contributed by atoms with van der Waals surface area (Å²) in [5.41, 5.74) is 2.28. The van der Waals surface area contributed by atoms with Gasteiger partial charge in [-0.15, -0.1) is 0 Å². The molecule has 70 valence electrons. The molecular formula is C11H14ClN. The summed E-state index contributed by atoms with van der Waals surface area (Å²) in [4.78, 5) is 4.60. The first-order valence-corrected chi connectivity index (χ1v) is 5.22.